The van der Waals surface area contributed by atoms with Gasteiger partial charge in [-0.15, -0.1) is 0 Å². The third kappa shape index (κ3) is 0.860. The lowest BCUT2D eigenvalue weighted by atomic mass is 10.1. The molecule has 2 fully saturated rings. The molecule has 2 aliphatic heterocycles. The Morgan fingerprint density at radius 1 is 1.45 bits per heavy atom. The van der Waals surface area contributed by atoms with E-state index in [1.54, 1.807) is 0 Å². The van der Waals surface area contributed by atoms with Gasteiger partial charge in [0.2, 0.25) is 5.91 Å². The van der Waals surface area contributed by atoms with Crippen molar-refractivity contribution in [2.24, 2.45) is 0 Å². The van der Waals surface area contributed by atoms with Crippen molar-refractivity contribution >= 4 is 11.7 Å². The van der Waals surface area contributed by atoms with Crippen molar-refractivity contribution in [3.63, 3.8) is 0 Å². The highest BCUT2D eigenvalue weighted by Crippen LogP contribution is 2.25. The number of nitrogens with zero attached hydrogens (tertiary/aromatic N) is 1. The number of hydrogen-bond acceptors (Lipinski definition) is 3. The van der Waals surface area contributed by atoms with E-state index in [4.69, 9.17) is 5.11 Å². The minimum absolute atomic E-state index is 0.0356. The van der Waals surface area contributed by atoms with E-state index in [1.807, 2.05) is 0 Å². The maximum absolute atomic E-state index is 11.0. The van der Waals surface area contributed by atoms with E-state index in [0.29, 0.717) is 13.0 Å². The van der Waals surface area contributed by atoms with Crippen molar-refractivity contribution in [2.45, 2.75) is 25.0 Å². The summed E-state index contributed by atoms with van der Waals surface area (Å²) in [6, 6.07) is -0.308. The van der Waals surface area contributed by atoms with Gasteiger partial charge in [0.05, 0.1) is 18.6 Å². The largest absolute Gasteiger partial charge is 0.391 e. The summed E-state index contributed by atoms with van der Waals surface area (Å²) in [5, 5.41) is 9.12. The van der Waals surface area contributed by atoms with Crippen LogP contribution < -0.4 is 0 Å². The van der Waals surface area contributed by atoms with Crippen LogP contribution in [-0.2, 0) is 9.59 Å². The Labute approximate surface area is 63.8 Å². The molecule has 1 N–H and O–H groups in total. The number of Topliss-reactive ketones (excluding diaryl/α,β-unsaturated/α-hetero) is 1. The molecule has 0 aromatic carbocycles. The number of carbonyl (C=O) groups excluding carboxylic acids is 2. The molecule has 2 heterocycles. The van der Waals surface area contributed by atoms with Crippen molar-refractivity contribution in [3.05, 3.63) is 0 Å². The van der Waals surface area contributed by atoms with Gasteiger partial charge in [-0.05, 0) is 0 Å². The van der Waals surface area contributed by atoms with Gasteiger partial charge in [-0.3, -0.25) is 9.59 Å². The third-order valence-electron chi connectivity index (χ3n) is 2.30. The summed E-state index contributed by atoms with van der Waals surface area (Å²) in [4.78, 5) is 23.5. The van der Waals surface area contributed by atoms with Crippen molar-refractivity contribution in [2.75, 3.05) is 6.54 Å². The van der Waals surface area contributed by atoms with Crippen LogP contribution in [0.5, 0.6) is 0 Å². The van der Waals surface area contributed by atoms with Crippen molar-refractivity contribution < 1.29 is 14.7 Å². The standard InChI is InChI=1S/C7H9NO3/c9-4-1-5-6(10)2-7(11)8(5)3-4/h4-5,9H,1-3H2. The Hall–Kier alpha value is -0.900. The highest BCUT2D eigenvalue weighted by atomic mass is 16.3. The molecule has 2 rings (SSSR count). The summed E-state index contributed by atoms with van der Waals surface area (Å²) in [6.45, 7) is 0.342. The Balaban J connectivity index is 2.23. The second kappa shape index (κ2) is 2.04. The fourth-order valence-electron chi connectivity index (χ4n) is 1.76. The van der Waals surface area contributed by atoms with E-state index in [0.717, 1.165) is 0 Å². The molecule has 2 aliphatic rings. The van der Waals surface area contributed by atoms with Crippen molar-refractivity contribution in [3.8, 4) is 0 Å². The molecule has 0 radical (unpaired) electrons. The predicted octanol–water partition coefficient (Wildman–Crippen LogP) is -1.08. The van der Waals surface area contributed by atoms with Crippen LogP contribution in [-0.4, -0.2) is 40.4 Å². The Kier molecular flexibility index (Phi) is 1.26. The highest BCUT2D eigenvalue weighted by molar-refractivity contribution is 6.07. The van der Waals surface area contributed by atoms with Gasteiger partial charge in [-0.25, -0.2) is 0 Å². The first-order valence-corrected chi connectivity index (χ1v) is 3.69. The van der Waals surface area contributed by atoms with Crippen LogP contribution in [0.25, 0.3) is 0 Å². The summed E-state index contributed by atoms with van der Waals surface area (Å²) >= 11 is 0. The molecule has 0 aromatic rings. The molecule has 2 saturated heterocycles. The Bertz CT molecular complexity index is 204. The molecule has 0 aromatic heterocycles. The number of aliphatic hydroxyl groups excluding tert-OH is 1. The van der Waals surface area contributed by atoms with Gasteiger partial charge in [0.15, 0.2) is 5.78 Å². The smallest absolute Gasteiger partial charge is 0.230 e. The minimum atomic E-state index is -0.492. The molecular formula is C7H9NO3. The zero-order valence-electron chi connectivity index (χ0n) is 5.99. The second-order valence-corrected chi connectivity index (χ2v) is 3.09. The van der Waals surface area contributed by atoms with E-state index in [9.17, 15) is 9.59 Å². The number of carbonyl (C=O) groups is 2. The molecule has 1 amide bonds. The number of fused-ring (bicyclic) bond motifs is 1. The van der Waals surface area contributed by atoms with Gasteiger partial charge < -0.3 is 10.0 Å². The van der Waals surface area contributed by atoms with Crippen LogP contribution in [0, 0.1) is 0 Å². The van der Waals surface area contributed by atoms with Gasteiger partial charge in [0.1, 0.15) is 0 Å². The lowest BCUT2D eigenvalue weighted by Gasteiger charge is -2.11. The minimum Gasteiger partial charge on any atom is -0.391 e. The molecule has 2 atom stereocenters. The van der Waals surface area contributed by atoms with Crippen molar-refractivity contribution in [1.29, 1.82) is 0 Å². The van der Waals surface area contributed by atoms with Gasteiger partial charge in [0.25, 0.3) is 0 Å². The average Bonchev–Trinajstić information content (AvgIpc) is 2.38. The first-order valence-electron chi connectivity index (χ1n) is 3.69. The lowest BCUT2D eigenvalue weighted by molar-refractivity contribution is -0.128. The molecule has 0 spiro atoms. The topological polar surface area (TPSA) is 57.6 Å². The molecule has 4 nitrogen and oxygen atoms in total. The zero-order valence-corrected chi connectivity index (χ0v) is 5.99. The van der Waals surface area contributed by atoms with Gasteiger partial charge in [-0.2, -0.15) is 0 Å². The monoisotopic (exact) mass is 155 g/mol. The Morgan fingerprint density at radius 3 is 2.82 bits per heavy atom. The first kappa shape index (κ1) is 6.79. The van der Waals surface area contributed by atoms with E-state index in [1.165, 1.54) is 4.90 Å². The van der Waals surface area contributed by atoms with Crippen LogP contribution in [0.3, 0.4) is 0 Å². The molecule has 0 saturated carbocycles. The van der Waals surface area contributed by atoms with E-state index in [-0.39, 0.29) is 24.2 Å². The molecule has 11 heavy (non-hydrogen) atoms. The van der Waals surface area contributed by atoms with Crippen molar-refractivity contribution in [1.82, 2.24) is 4.90 Å². The van der Waals surface area contributed by atoms with Crippen LogP contribution >= 0.6 is 0 Å². The molecule has 2 unspecified atom stereocenters. The normalized spacial score (nSPS) is 36.6. The molecule has 0 aliphatic carbocycles. The third-order valence-corrected chi connectivity index (χ3v) is 2.30. The Morgan fingerprint density at radius 2 is 2.18 bits per heavy atom. The lowest BCUT2D eigenvalue weighted by Crippen LogP contribution is -2.29. The fourth-order valence-corrected chi connectivity index (χ4v) is 1.76. The molecule has 0 bridgehead atoms. The second-order valence-electron chi connectivity index (χ2n) is 3.09. The summed E-state index contributed by atoms with van der Waals surface area (Å²) in [5.74, 6) is -0.164. The summed E-state index contributed by atoms with van der Waals surface area (Å²) < 4.78 is 0. The van der Waals surface area contributed by atoms with Gasteiger partial charge >= 0.3 is 0 Å². The number of ketones is 1. The van der Waals surface area contributed by atoms with Crippen LogP contribution in [0.2, 0.25) is 0 Å². The molecular weight excluding hydrogens is 146 g/mol. The summed E-state index contributed by atoms with van der Waals surface area (Å²) in [6.07, 6.45) is -0.0182. The fraction of sp³-hybridized carbons (Fsp3) is 0.714. The molecule has 4 heteroatoms. The van der Waals surface area contributed by atoms with Crippen LogP contribution in [0.4, 0.5) is 0 Å². The van der Waals surface area contributed by atoms with Gasteiger partial charge in [0, 0.05) is 13.0 Å². The number of rotatable bonds is 0. The predicted molar refractivity (Wildman–Crippen MR) is 35.7 cm³/mol. The summed E-state index contributed by atoms with van der Waals surface area (Å²) in [5.41, 5.74) is 0. The average molecular weight is 155 g/mol. The number of aliphatic hydroxyl groups is 1. The van der Waals surface area contributed by atoms with E-state index in [2.05, 4.69) is 0 Å². The molecule has 60 valence electrons. The van der Waals surface area contributed by atoms with E-state index >= 15 is 0 Å². The van der Waals surface area contributed by atoms with Crippen LogP contribution in [0.1, 0.15) is 12.8 Å². The van der Waals surface area contributed by atoms with E-state index < -0.39 is 6.10 Å². The quantitative estimate of drug-likeness (QED) is 0.453. The van der Waals surface area contributed by atoms with Crippen LogP contribution in [0.15, 0.2) is 0 Å². The number of hydrogen-bond donors (Lipinski definition) is 1. The maximum atomic E-state index is 11.0. The first-order chi connectivity index (χ1) is 5.18. The summed E-state index contributed by atoms with van der Waals surface area (Å²) in [7, 11) is 0. The number of amides is 1. The SMILES string of the molecule is O=C1CC(=O)N2CC(O)CC12. The van der Waals surface area contributed by atoms with Gasteiger partial charge in [-0.1, -0.05) is 0 Å². The maximum Gasteiger partial charge on any atom is 0.230 e. The zero-order chi connectivity index (χ0) is 8.01. The highest BCUT2D eigenvalue weighted by Gasteiger charge is 2.44.